The molecule has 0 saturated carbocycles. The van der Waals surface area contributed by atoms with Crippen LogP contribution in [0.3, 0.4) is 0 Å². The predicted molar refractivity (Wildman–Crippen MR) is 80.0 cm³/mol. The summed E-state index contributed by atoms with van der Waals surface area (Å²) in [6.07, 6.45) is -4.38. The van der Waals surface area contributed by atoms with Gasteiger partial charge in [0, 0.05) is 22.3 Å². The largest absolute Gasteiger partial charge is 0.497 e. The van der Waals surface area contributed by atoms with Crippen molar-refractivity contribution in [2.24, 2.45) is 0 Å². The Hall–Kier alpha value is -1.82. The average molecular weight is 328 g/mol. The minimum Gasteiger partial charge on any atom is -0.497 e. The first-order valence-corrected chi connectivity index (χ1v) is 8.01. The Balaban J connectivity index is 2.06. The van der Waals surface area contributed by atoms with Crippen LogP contribution in [0.2, 0.25) is 0 Å². The molecule has 0 aliphatic rings. The van der Waals surface area contributed by atoms with Crippen LogP contribution in [-0.2, 0) is 28.5 Å². The van der Waals surface area contributed by atoms with Gasteiger partial charge in [-0.2, -0.15) is 13.2 Å². The third kappa shape index (κ3) is 4.59. The lowest BCUT2D eigenvalue weighted by atomic mass is 10.1. The highest BCUT2D eigenvalue weighted by molar-refractivity contribution is 7.83. The number of methoxy groups -OCH3 is 1. The lowest BCUT2D eigenvalue weighted by Gasteiger charge is -2.09. The Morgan fingerprint density at radius 1 is 1.00 bits per heavy atom. The highest BCUT2D eigenvalue weighted by atomic mass is 32.2. The van der Waals surface area contributed by atoms with E-state index in [0.717, 1.165) is 17.7 Å². The van der Waals surface area contributed by atoms with Gasteiger partial charge in [0.05, 0.1) is 12.7 Å². The monoisotopic (exact) mass is 328 g/mol. The van der Waals surface area contributed by atoms with Gasteiger partial charge in [0.2, 0.25) is 0 Å². The number of hydrogen-bond donors (Lipinski definition) is 0. The van der Waals surface area contributed by atoms with E-state index >= 15 is 0 Å². The minimum absolute atomic E-state index is 0.0845. The van der Waals surface area contributed by atoms with Crippen LogP contribution < -0.4 is 4.74 Å². The van der Waals surface area contributed by atoms with Crippen LogP contribution in [-0.4, -0.2) is 11.3 Å². The van der Waals surface area contributed by atoms with Gasteiger partial charge < -0.3 is 4.74 Å². The van der Waals surface area contributed by atoms with Crippen LogP contribution in [0.1, 0.15) is 16.7 Å². The zero-order chi connectivity index (χ0) is 16.2. The van der Waals surface area contributed by atoms with Crippen LogP contribution in [0, 0.1) is 0 Å². The van der Waals surface area contributed by atoms with Gasteiger partial charge >= 0.3 is 6.18 Å². The molecule has 2 rings (SSSR count). The van der Waals surface area contributed by atoms with Crippen molar-refractivity contribution in [3.8, 4) is 5.75 Å². The van der Waals surface area contributed by atoms with Gasteiger partial charge in [-0.25, -0.2) is 0 Å². The van der Waals surface area contributed by atoms with Crippen LogP contribution in [0.15, 0.2) is 48.5 Å². The second-order valence-corrected chi connectivity index (χ2v) is 6.24. The Bertz CT molecular complexity index is 668. The predicted octanol–water partition coefficient (Wildman–Crippen LogP) is 4.16. The van der Waals surface area contributed by atoms with Crippen LogP contribution >= 0.6 is 0 Å². The molecule has 0 radical (unpaired) electrons. The van der Waals surface area contributed by atoms with Crippen molar-refractivity contribution in [1.29, 1.82) is 0 Å². The van der Waals surface area contributed by atoms with Crippen LogP contribution in [0.25, 0.3) is 0 Å². The number of rotatable bonds is 5. The van der Waals surface area contributed by atoms with Gasteiger partial charge in [0.25, 0.3) is 0 Å². The minimum atomic E-state index is -4.38. The lowest BCUT2D eigenvalue weighted by molar-refractivity contribution is -0.137. The summed E-state index contributed by atoms with van der Waals surface area (Å²) in [5.41, 5.74) is 0.518. The second kappa shape index (κ2) is 6.96. The summed E-state index contributed by atoms with van der Waals surface area (Å²) in [6.45, 7) is 0. The molecule has 2 aromatic rings. The molecule has 6 heteroatoms. The summed E-state index contributed by atoms with van der Waals surface area (Å²) in [7, 11) is 0.250. The van der Waals surface area contributed by atoms with Gasteiger partial charge in [0.15, 0.2) is 0 Å². The van der Waals surface area contributed by atoms with Gasteiger partial charge in [-0.3, -0.25) is 4.21 Å². The molecule has 118 valence electrons. The van der Waals surface area contributed by atoms with Crippen molar-refractivity contribution >= 4 is 10.8 Å². The van der Waals surface area contributed by atoms with E-state index in [1.165, 1.54) is 6.07 Å². The molecule has 2 nitrogen and oxygen atoms in total. The second-order valence-electron chi connectivity index (χ2n) is 4.78. The number of alkyl halides is 3. The van der Waals surface area contributed by atoms with Crippen LogP contribution in [0.5, 0.6) is 5.75 Å². The Labute approximate surface area is 129 Å². The number of hydrogen-bond acceptors (Lipinski definition) is 2. The van der Waals surface area contributed by atoms with Crippen molar-refractivity contribution in [1.82, 2.24) is 0 Å². The van der Waals surface area contributed by atoms with E-state index < -0.39 is 22.5 Å². The van der Waals surface area contributed by atoms with Crippen molar-refractivity contribution in [2.75, 3.05) is 7.11 Å². The van der Waals surface area contributed by atoms with Crippen molar-refractivity contribution in [3.05, 3.63) is 65.2 Å². The molecule has 1 atom stereocenters. The Kier molecular flexibility index (Phi) is 5.24. The summed E-state index contributed by atoms with van der Waals surface area (Å²) < 4.78 is 55.2. The van der Waals surface area contributed by atoms with Crippen molar-refractivity contribution in [2.45, 2.75) is 17.7 Å². The van der Waals surface area contributed by atoms with Gasteiger partial charge in [-0.05, 0) is 29.3 Å². The normalized spacial score (nSPS) is 12.9. The summed E-state index contributed by atoms with van der Waals surface area (Å²) >= 11 is 0. The third-order valence-corrected chi connectivity index (χ3v) is 4.35. The van der Waals surface area contributed by atoms with E-state index in [1.807, 2.05) is 6.07 Å². The maximum atomic E-state index is 12.6. The molecule has 0 aliphatic heterocycles. The first kappa shape index (κ1) is 16.5. The SMILES string of the molecule is COc1cccc(C[S@](=O)Cc2cccc(C(F)(F)F)c2)c1. The summed E-state index contributed by atoms with van der Waals surface area (Å²) in [6, 6.07) is 12.1. The molecule has 0 aromatic heterocycles. The maximum Gasteiger partial charge on any atom is 0.416 e. The third-order valence-electron chi connectivity index (χ3n) is 3.04. The number of ether oxygens (including phenoxy) is 1. The van der Waals surface area contributed by atoms with E-state index in [9.17, 15) is 17.4 Å². The summed E-state index contributed by atoms with van der Waals surface area (Å²) in [4.78, 5) is 0. The first-order valence-electron chi connectivity index (χ1n) is 6.52. The zero-order valence-corrected chi connectivity index (χ0v) is 12.7. The zero-order valence-electron chi connectivity index (χ0n) is 11.9. The molecule has 22 heavy (non-hydrogen) atoms. The fourth-order valence-corrected chi connectivity index (χ4v) is 3.23. The highest BCUT2D eigenvalue weighted by Gasteiger charge is 2.30. The standard InChI is InChI=1S/C16H15F3O2S/c1-21-15-7-3-5-13(9-15)11-22(20)10-12-4-2-6-14(8-12)16(17,18)19/h2-9H,10-11H2,1H3/t22-/m1/s1. The molecule has 0 unspecified atom stereocenters. The van der Waals surface area contributed by atoms with E-state index in [0.29, 0.717) is 11.3 Å². The quantitative estimate of drug-likeness (QED) is 0.824. The molecule has 0 heterocycles. The van der Waals surface area contributed by atoms with E-state index in [1.54, 1.807) is 31.4 Å². The van der Waals surface area contributed by atoms with Crippen LogP contribution in [0.4, 0.5) is 13.2 Å². The molecular formula is C16H15F3O2S. The molecule has 0 aliphatic carbocycles. The lowest BCUT2D eigenvalue weighted by Crippen LogP contribution is -2.06. The topological polar surface area (TPSA) is 26.3 Å². The fraction of sp³-hybridized carbons (Fsp3) is 0.250. The molecule has 0 bridgehead atoms. The molecular weight excluding hydrogens is 313 g/mol. The molecule has 0 saturated heterocycles. The molecule has 2 aromatic carbocycles. The molecule has 0 fully saturated rings. The van der Waals surface area contributed by atoms with Gasteiger partial charge in [-0.1, -0.05) is 30.3 Å². The van der Waals surface area contributed by atoms with Crippen molar-refractivity contribution < 1.29 is 22.1 Å². The first-order chi connectivity index (χ1) is 10.4. The summed E-state index contributed by atoms with van der Waals surface area (Å²) in [5, 5.41) is 0. The van der Waals surface area contributed by atoms with E-state index in [4.69, 9.17) is 4.74 Å². The summed E-state index contributed by atoms with van der Waals surface area (Å²) in [5.74, 6) is 1.02. The highest BCUT2D eigenvalue weighted by Crippen LogP contribution is 2.29. The number of benzene rings is 2. The molecule has 0 spiro atoms. The van der Waals surface area contributed by atoms with Crippen molar-refractivity contribution in [3.63, 3.8) is 0 Å². The Morgan fingerprint density at radius 2 is 1.59 bits per heavy atom. The average Bonchev–Trinajstić information content (AvgIpc) is 2.46. The molecule has 0 N–H and O–H groups in total. The fourth-order valence-electron chi connectivity index (χ4n) is 2.02. The van der Waals surface area contributed by atoms with Gasteiger partial charge in [0.1, 0.15) is 5.75 Å². The van der Waals surface area contributed by atoms with Gasteiger partial charge in [-0.15, -0.1) is 0 Å². The smallest absolute Gasteiger partial charge is 0.416 e. The Morgan fingerprint density at radius 3 is 2.18 bits per heavy atom. The molecule has 0 amide bonds. The van der Waals surface area contributed by atoms with E-state index in [2.05, 4.69) is 0 Å². The maximum absolute atomic E-state index is 12.6. The number of halogens is 3. The van der Waals surface area contributed by atoms with E-state index in [-0.39, 0.29) is 11.5 Å².